The molecule has 3 rings (SSSR count). The number of rotatable bonds is 1. The van der Waals surface area contributed by atoms with Gasteiger partial charge >= 0.3 is 0 Å². The third-order valence-corrected chi connectivity index (χ3v) is 4.04. The largest absolute Gasteiger partial charge is 0.390 e. The minimum Gasteiger partial charge on any atom is -0.390 e. The standard InChI is InChI=1S/C14H18N2O3/c1-14(19)4-6-16(7-5-14)9-2-3-10-11(8-9)15-13(18)12(10)17/h2-3,8,12,17,19H,4-7H2,1H3,(H,15,18). The molecule has 0 bridgehead atoms. The summed E-state index contributed by atoms with van der Waals surface area (Å²) >= 11 is 0. The summed E-state index contributed by atoms with van der Waals surface area (Å²) in [5, 5.41) is 22.3. The Morgan fingerprint density at radius 2 is 2.05 bits per heavy atom. The number of nitrogens with one attached hydrogen (secondary N) is 1. The van der Waals surface area contributed by atoms with Crippen molar-refractivity contribution in [1.29, 1.82) is 0 Å². The maximum atomic E-state index is 11.4. The average Bonchev–Trinajstić information content (AvgIpc) is 2.64. The Hall–Kier alpha value is -1.59. The minimum absolute atomic E-state index is 0.367. The van der Waals surface area contributed by atoms with Gasteiger partial charge in [0.15, 0.2) is 6.10 Å². The van der Waals surface area contributed by atoms with Crippen LogP contribution in [0.1, 0.15) is 31.4 Å². The minimum atomic E-state index is -1.05. The van der Waals surface area contributed by atoms with Crippen LogP contribution in [-0.4, -0.2) is 34.8 Å². The Bertz CT molecular complexity index is 517. The maximum absolute atomic E-state index is 11.4. The lowest BCUT2D eigenvalue weighted by Gasteiger charge is -2.37. The lowest BCUT2D eigenvalue weighted by molar-refractivity contribution is -0.123. The number of carbonyl (C=O) groups excluding carboxylic acids is 1. The SMILES string of the molecule is CC1(O)CCN(c2ccc3c(c2)NC(=O)C3O)CC1. The van der Waals surface area contributed by atoms with Gasteiger partial charge in [0.05, 0.1) is 5.60 Å². The van der Waals surface area contributed by atoms with Crippen LogP contribution >= 0.6 is 0 Å². The van der Waals surface area contributed by atoms with Crippen molar-refractivity contribution in [1.82, 2.24) is 0 Å². The first kappa shape index (κ1) is 12.4. The molecule has 2 aliphatic rings. The topological polar surface area (TPSA) is 72.8 Å². The number of nitrogens with zero attached hydrogens (tertiary/aromatic N) is 1. The lowest BCUT2D eigenvalue weighted by atomic mass is 9.93. The molecule has 19 heavy (non-hydrogen) atoms. The number of hydrogen-bond acceptors (Lipinski definition) is 4. The Kier molecular flexibility index (Phi) is 2.76. The van der Waals surface area contributed by atoms with Crippen LogP contribution in [0.5, 0.6) is 0 Å². The van der Waals surface area contributed by atoms with Crippen molar-refractivity contribution in [2.75, 3.05) is 23.3 Å². The number of hydrogen-bond donors (Lipinski definition) is 3. The Labute approximate surface area is 111 Å². The lowest BCUT2D eigenvalue weighted by Crippen LogP contribution is -2.42. The smallest absolute Gasteiger partial charge is 0.257 e. The molecular formula is C14H18N2O3. The molecule has 0 spiro atoms. The van der Waals surface area contributed by atoms with Crippen molar-refractivity contribution in [3.63, 3.8) is 0 Å². The van der Waals surface area contributed by atoms with E-state index in [0.29, 0.717) is 11.3 Å². The molecule has 1 amide bonds. The summed E-state index contributed by atoms with van der Waals surface area (Å²) in [5.41, 5.74) is 1.77. The van der Waals surface area contributed by atoms with Gasteiger partial charge in [-0.1, -0.05) is 6.07 Å². The van der Waals surface area contributed by atoms with E-state index < -0.39 is 11.7 Å². The van der Waals surface area contributed by atoms with Crippen molar-refractivity contribution >= 4 is 17.3 Å². The zero-order valence-corrected chi connectivity index (χ0v) is 10.9. The number of piperidine rings is 1. The van der Waals surface area contributed by atoms with E-state index in [0.717, 1.165) is 31.6 Å². The molecule has 5 heteroatoms. The van der Waals surface area contributed by atoms with Gasteiger partial charge in [-0.3, -0.25) is 4.79 Å². The van der Waals surface area contributed by atoms with Crippen molar-refractivity contribution in [3.05, 3.63) is 23.8 Å². The van der Waals surface area contributed by atoms with E-state index in [1.54, 1.807) is 6.07 Å². The summed E-state index contributed by atoms with van der Waals surface area (Å²) < 4.78 is 0. The van der Waals surface area contributed by atoms with E-state index in [1.165, 1.54) is 0 Å². The molecule has 2 heterocycles. The summed E-state index contributed by atoms with van der Waals surface area (Å²) in [6.45, 7) is 3.45. The van der Waals surface area contributed by atoms with E-state index in [2.05, 4.69) is 10.2 Å². The van der Waals surface area contributed by atoms with Crippen LogP contribution in [0.3, 0.4) is 0 Å². The highest BCUT2D eigenvalue weighted by Crippen LogP contribution is 2.35. The van der Waals surface area contributed by atoms with Gasteiger partial charge < -0.3 is 20.4 Å². The molecule has 0 radical (unpaired) electrons. The van der Waals surface area contributed by atoms with Crippen molar-refractivity contribution in [2.45, 2.75) is 31.5 Å². The first-order valence-corrected chi connectivity index (χ1v) is 6.56. The molecule has 1 aromatic carbocycles. The van der Waals surface area contributed by atoms with Crippen molar-refractivity contribution in [3.8, 4) is 0 Å². The van der Waals surface area contributed by atoms with Crippen molar-refractivity contribution in [2.24, 2.45) is 0 Å². The molecule has 1 fully saturated rings. The second-order valence-electron chi connectivity index (χ2n) is 5.65. The molecule has 0 aromatic heterocycles. The number of amides is 1. The van der Waals surface area contributed by atoms with Gasteiger partial charge in [0, 0.05) is 30.0 Å². The predicted octanol–water partition coefficient (Wildman–Crippen LogP) is 1.02. The van der Waals surface area contributed by atoms with Gasteiger partial charge in [0.2, 0.25) is 0 Å². The van der Waals surface area contributed by atoms with Crippen molar-refractivity contribution < 1.29 is 15.0 Å². The van der Waals surface area contributed by atoms with E-state index in [4.69, 9.17) is 0 Å². The quantitative estimate of drug-likeness (QED) is 0.706. The summed E-state index contributed by atoms with van der Waals surface area (Å²) in [5.74, 6) is -0.367. The summed E-state index contributed by atoms with van der Waals surface area (Å²) in [6.07, 6.45) is 0.421. The van der Waals surface area contributed by atoms with E-state index in [1.807, 2.05) is 19.1 Å². The maximum Gasteiger partial charge on any atom is 0.257 e. The summed E-state index contributed by atoms with van der Waals surface area (Å²) in [4.78, 5) is 13.6. The molecule has 0 aliphatic carbocycles. The number of fused-ring (bicyclic) bond motifs is 1. The molecule has 3 N–H and O–H groups in total. The molecule has 1 unspecified atom stereocenters. The summed E-state index contributed by atoms with van der Waals surface area (Å²) in [6, 6.07) is 5.60. The van der Waals surface area contributed by atoms with Crippen LogP contribution in [-0.2, 0) is 4.79 Å². The first-order chi connectivity index (χ1) is 8.96. The van der Waals surface area contributed by atoms with Gasteiger partial charge in [0.25, 0.3) is 5.91 Å². The van der Waals surface area contributed by atoms with Crippen LogP contribution in [0.2, 0.25) is 0 Å². The average molecular weight is 262 g/mol. The Balaban J connectivity index is 1.81. The third kappa shape index (κ3) is 2.19. The highest BCUT2D eigenvalue weighted by atomic mass is 16.3. The third-order valence-electron chi connectivity index (χ3n) is 4.04. The van der Waals surface area contributed by atoms with Crippen LogP contribution in [0.15, 0.2) is 18.2 Å². The number of carbonyl (C=O) groups is 1. The molecular weight excluding hydrogens is 244 g/mol. The van der Waals surface area contributed by atoms with Gasteiger partial charge in [0.1, 0.15) is 0 Å². The Morgan fingerprint density at radius 1 is 1.37 bits per heavy atom. The molecule has 1 saturated heterocycles. The number of benzene rings is 1. The molecule has 1 aromatic rings. The number of aliphatic hydroxyl groups excluding tert-OH is 1. The van der Waals surface area contributed by atoms with Gasteiger partial charge in [-0.05, 0) is 31.9 Å². The molecule has 1 atom stereocenters. The van der Waals surface area contributed by atoms with Crippen LogP contribution in [0.25, 0.3) is 0 Å². The monoisotopic (exact) mass is 262 g/mol. The molecule has 2 aliphatic heterocycles. The van der Waals surface area contributed by atoms with Gasteiger partial charge in [-0.25, -0.2) is 0 Å². The fourth-order valence-corrected chi connectivity index (χ4v) is 2.68. The molecule has 5 nitrogen and oxygen atoms in total. The number of anilines is 2. The van der Waals surface area contributed by atoms with Crippen LogP contribution in [0, 0.1) is 0 Å². The highest BCUT2D eigenvalue weighted by Gasteiger charge is 2.31. The fraction of sp³-hybridized carbons (Fsp3) is 0.500. The number of aliphatic hydroxyl groups is 2. The normalized spacial score (nSPS) is 25.1. The predicted molar refractivity (Wildman–Crippen MR) is 72.1 cm³/mol. The fourth-order valence-electron chi connectivity index (χ4n) is 2.68. The second-order valence-corrected chi connectivity index (χ2v) is 5.65. The van der Waals surface area contributed by atoms with Gasteiger partial charge in [-0.2, -0.15) is 0 Å². The van der Waals surface area contributed by atoms with Crippen LogP contribution < -0.4 is 10.2 Å². The van der Waals surface area contributed by atoms with E-state index >= 15 is 0 Å². The van der Waals surface area contributed by atoms with E-state index in [-0.39, 0.29) is 5.91 Å². The second kappa shape index (κ2) is 4.21. The van der Waals surface area contributed by atoms with E-state index in [9.17, 15) is 15.0 Å². The molecule has 0 saturated carbocycles. The summed E-state index contributed by atoms with van der Waals surface area (Å²) in [7, 11) is 0. The van der Waals surface area contributed by atoms with Crippen LogP contribution in [0.4, 0.5) is 11.4 Å². The molecule has 102 valence electrons. The van der Waals surface area contributed by atoms with Gasteiger partial charge in [-0.15, -0.1) is 0 Å². The Morgan fingerprint density at radius 3 is 2.74 bits per heavy atom. The zero-order valence-electron chi connectivity index (χ0n) is 10.9. The highest BCUT2D eigenvalue weighted by molar-refractivity contribution is 6.02. The zero-order chi connectivity index (χ0) is 13.6. The first-order valence-electron chi connectivity index (χ1n) is 6.56.